The van der Waals surface area contributed by atoms with Crippen LogP contribution in [0.3, 0.4) is 0 Å². The Morgan fingerprint density at radius 3 is 2.64 bits per heavy atom. The van der Waals surface area contributed by atoms with Crippen LogP contribution >= 0.6 is 0 Å². The van der Waals surface area contributed by atoms with Crippen molar-refractivity contribution in [1.29, 1.82) is 0 Å². The summed E-state index contributed by atoms with van der Waals surface area (Å²) in [6.45, 7) is 4.39. The first-order chi connectivity index (χ1) is 12.2. The Kier molecular flexibility index (Phi) is 3.88. The van der Waals surface area contributed by atoms with Crippen LogP contribution in [-0.2, 0) is 0 Å². The highest BCUT2D eigenvalue weighted by Crippen LogP contribution is 2.17. The van der Waals surface area contributed by atoms with Crippen molar-refractivity contribution in [2.24, 2.45) is 0 Å². The average molecular weight is 339 g/mol. The normalized spacial score (nSPS) is 14.8. The molecule has 25 heavy (non-hydrogen) atoms. The fraction of sp³-hybridized carbons (Fsp3) is 0.312. The molecule has 0 aliphatic carbocycles. The van der Waals surface area contributed by atoms with Gasteiger partial charge in [-0.15, -0.1) is 0 Å². The lowest BCUT2D eigenvalue weighted by Crippen LogP contribution is -2.49. The van der Waals surface area contributed by atoms with Gasteiger partial charge in [0.2, 0.25) is 0 Å². The van der Waals surface area contributed by atoms with Gasteiger partial charge in [0, 0.05) is 44.6 Å². The molecule has 3 aromatic heterocycles. The number of piperazine rings is 1. The molecule has 1 amide bonds. The summed E-state index contributed by atoms with van der Waals surface area (Å²) in [5.41, 5.74) is 0.526. The number of imidazole rings is 1. The van der Waals surface area contributed by atoms with Crippen LogP contribution in [-0.4, -0.2) is 61.7 Å². The minimum Gasteiger partial charge on any atom is -0.361 e. The molecule has 0 aromatic carbocycles. The maximum Gasteiger partial charge on any atom is 0.259 e. The first-order valence-electron chi connectivity index (χ1n) is 7.98. The van der Waals surface area contributed by atoms with Gasteiger partial charge in [-0.05, 0) is 6.92 Å². The minimum absolute atomic E-state index is 0.0415. The SMILES string of the molecule is Cc1oncc1C(=O)N1CCN(c2cc(-n3ccnc3)ncn2)CC1. The van der Waals surface area contributed by atoms with E-state index in [0.29, 0.717) is 37.5 Å². The number of hydrogen-bond donors (Lipinski definition) is 0. The third-order valence-electron chi connectivity index (χ3n) is 4.28. The number of carbonyl (C=O) groups is 1. The zero-order valence-electron chi connectivity index (χ0n) is 13.7. The average Bonchev–Trinajstić information content (AvgIpc) is 3.33. The highest BCUT2D eigenvalue weighted by Gasteiger charge is 2.25. The van der Waals surface area contributed by atoms with Crippen molar-refractivity contribution in [3.63, 3.8) is 0 Å². The van der Waals surface area contributed by atoms with Gasteiger partial charge in [-0.3, -0.25) is 9.36 Å². The molecule has 128 valence electrons. The Hall–Kier alpha value is -3.23. The maximum atomic E-state index is 12.5. The van der Waals surface area contributed by atoms with Gasteiger partial charge in [0.1, 0.15) is 35.6 Å². The number of aromatic nitrogens is 5. The highest BCUT2D eigenvalue weighted by atomic mass is 16.5. The van der Waals surface area contributed by atoms with Crippen LogP contribution in [0.1, 0.15) is 16.1 Å². The molecule has 9 nitrogen and oxygen atoms in total. The van der Waals surface area contributed by atoms with E-state index < -0.39 is 0 Å². The molecule has 3 aromatic rings. The van der Waals surface area contributed by atoms with Crippen LogP contribution in [0.5, 0.6) is 0 Å². The quantitative estimate of drug-likeness (QED) is 0.700. The number of amides is 1. The van der Waals surface area contributed by atoms with Crippen LogP contribution in [0.15, 0.2) is 41.8 Å². The highest BCUT2D eigenvalue weighted by molar-refractivity contribution is 5.94. The Morgan fingerprint density at radius 2 is 1.96 bits per heavy atom. The predicted octanol–water partition coefficient (Wildman–Crippen LogP) is 0.921. The maximum absolute atomic E-state index is 12.5. The van der Waals surface area contributed by atoms with Gasteiger partial charge in [0.15, 0.2) is 0 Å². The van der Waals surface area contributed by atoms with Gasteiger partial charge >= 0.3 is 0 Å². The molecule has 4 rings (SSSR count). The summed E-state index contributed by atoms with van der Waals surface area (Å²) < 4.78 is 6.82. The number of rotatable bonds is 3. The molecule has 1 aliphatic heterocycles. The fourth-order valence-corrected chi connectivity index (χ4v) is 2.86. The van der Waals surface area contributed by atoms with E-state index in [1.54, 1.807) is 25.8 Å². The monoisotopic (exact) mass is 339 g/mol. The van der Waals surface area contributed by atoms with Gasteiger partial charge in [-0.25, -0.2) is 15.0 Å². The lowest BCUT2D eigenvalue weighted by atomic mass is 10.2. The van der Waals surface area contributed by atoms with Gasteiger partial charge < -0.3 is 14.3 Å². The second-order valence-corrected chi connectivity index (χ2v) is 5.78. The largest absolute Gasteiger partial charge is 0.361 e. The van der Waals surface area contributed by atoms with Crippen LogP contribution in [0, 0.1) is 6.92 Å². The number of anilines is 1. The predicted molar refractivity (Wildman–Crippen MR) is 88.5 cm³/mol. The van der Waals surface area contributed by atoms with Crippen molar-refractivity contribution in [1.82, 2.24) is 29.6 Å². The third-order valence-corrected chi connectivity index (χ3v) is 4.28. The van der Waals surface area contributed by atoms with E-state index in [0.717, 1.165) is 11.6 Å². The van der Waals surface area contributed by atoms with Crippen LogP contribution in [0.4, 0.5) is 5.82 Å². The summed E-state index contributed by atoms with van der Waals surface area (Å²) in [7, 11) is 0. The Morgan fingerprint density at radius 1 is 1.16 bits per heavy atom. The van der Waals surface area contributed by atoms with Crippen molar-refractivity contribution in [3.8, 4) is 5.82 Å². The molecule has 9 heteroatoms. The number of nitrogens with zero attached hydrogens (tertiary/aromatic N) is 7. The van der Waals surface area contributed by atoms with Crippen LogP contribution < -0.4 is 4.90 Å². The molecular formula is C16H17N7O2. The second-order valence-electron chi connectivity index (χ2n) is 5.78. The lowest BCUT2D eigenvalue weighted by molar-refractivity contribution is 0.0744. The van der Waals surface area contributed by atoms with Gasteiger partial charge in [-0.2, -0.15) is 0 Å². The molecule has 0 spiro atoms. The number of aryl methyl sites for hydroxylation is 1. The molecule has 0 saturated carbocycles. The van der Waals surface area contributed by atoms with Crippen LogP contribution in [0.2, 0.25) is 0 Å². The summed E-state index contributed by atoms with van der Waals surface area (Å²) >= 11 is 0. The van der Waals surface area contributed by atoms with Crippen molar-refractivity contribution in [3.05, 3.63) is 48.6 Å². The zero-order chi connectivity index (χ0) is 17.2. The van der Waals surface area contributed by atoms with Crippen molar-refractivity contribution in [2.45, 2.75) is 6.92 Å². The second kappa shape index (κ2) is 6.34. The summed E-state index contributed by atoms with van der Waals surface area (Å²) in [4.78, 5) is 29.1. The standard InChI is InChI=1S/C16H17N7O2/c1-12-13(9-20-25-12)16(24)22-6-4-21(5-7-22)14-8-15(19-10-18-14)23-3-2-17-11-23/h2-3,8-11H,4-7H2,1H3. The Balaban J connectivity index is 1.45. The molecule has 1 saturated heterocycles. The van der Waals surface area contributed by atoms with E-state index in [2.05, 4.69) is 25.0 Å². The summed E-state index contributed by atoms with van der Waals surface area (Å²) in [5, 5.41) is 3.68. The van der Waals surface area contributed by atoms with Gasteiger partial charge in [0.05, 0.1) is 6.20 Å². The van der Waals surface area contributed by atoms with E-state index in [1.165, 1.54) is 6.20 Å². The first kappa shape index (κ1) is 15.3. The van der Waals surface area contributed by atoms with Crippen molar-refractivity contribution in [2.75, 3.05) is 31.1 Å². The summed E-state index contributed by atoms with van der Waals surface area (Å²) in [5.74, 6) is 2.11. The molecule has 1 fully saturated rings. The molecule has 0 atom stereocenters. The van der Waals surface area contributed by atoms with Crippen molar-refractivity contribution >= 4 is 11.7 Å². The van der Waals surface area contributed by atoms with Crippen molar-refractivity contribution < 1.29 is 9.32 Å². The van der Waals surface area contributed by atoms with E-state index in [4.69, 9.17) is 4.52 Å². The number of carbonyl (C=O) groups excluding carboxylic acids is 1. The Labute approximate surface area is 143 Å². The van der Waals surface area contributed by atoms with Crippen LogP contribution in [0.25, 0.3) is 5.82 Å². The molecule has 0 unspecified atom stereocenters. The first-order valence-corrected chi connectivity index (χ1v) is 7.98. The number of hydrogen-bond acceptors (Lipinski definition) is 7. The van der Waals surface area contributed by atoms with E-state index in [-0.39, 0.29) is 5.91 Å². The molecular weight excluding hydrogens is 322 g/mol. The summed E-state index contributed by atoms with van der Waals surface area (Å²) in [6.07, 6.45) is 8.27. The smallest absolute Gasteiger partial charge is 0.259 e. The zero-order valence-corrected chi connectivity index (χ0v) is 13.7. The molecule has 0 N–H and O–H groups in total. The van der Waals surface area contributed by atoms with Gasteiger partial charge in [-0.1, -0.05) is 5.16 Å². The Bertz CT molecular complexity index is 866. The van der Waals surface area contributed by atoms with E-state index in [9.17, 15) is 4.79 Å². The van der Waals surface area contributed by atoms with Gasteiger partial charge in [0.25, 0.3) is 5.91 Å². The molecule has 0 bridgehead atoms. The molecule has 0 radical (unpaired) electrons. The van der Waals surface area contributed by atoms with E-state index >= 15 is 0 Å². The molecule has 4 heterocycles. The minimum atomic E-state index is -0.0415. The molecule has 1 aliphatic rings. The fourth-order valence-electron chi connectivity index (χ4n) is 2.86. The summed E-state index contributed by atoms with van der Waals surface area (Å²) in [6, 6.07) is 1.92. The topological polar surface area (TPSA) is 93.2 Å². The lowest BCUT2D eigenvalue weighted by Gasteiger charge is -2.35. The van der Waals surface area contributed by atoms with E-state index in [1.807, 2.05) is 21.7 Å². The third kappa shape index (κ3) is 2.95.